The van der Waals surface area contributed by atoms with Crippen LogP contribution in [-0.2, 0) is 9.84 Å². The third-order valence-corrected chi connectivity index (χ3v) is 3.98. The fourth-order valence-electron chi connectivity index (χ4n) is 1.75. The molecule has 0 fully saturated rings. The van der Waals surface area contributed by atoms with Gasteiger partial charge in [0.2, 0.25) is 0 Å². The summed E-state index contributed by atoms with van der Waals surface area (Å²) in [6.45, 7) is 5.25. The van der Waals surface area contributed by atoms with Crippen molar-refractivity contribution in [1.29, 1.82) is 0 Å². The van der Waals surface area contributed by atoms with E-state index in [-0.39, 0.29) is 10.5 Å². The highest BCUT2D eigenvalue weighted by Crippen LogP contribution is 2.20. The number of allylic oxidation sites excluding steroid dienone is 1. The first-order chi connectivity index (χ1) is 9.40. The van der Waals surface area contributed by atoms with Crippen LogP contribution in [0.5, 0.6) is 0 Å². The van der Waals surface area contributed by atoms with Gasteiger partial charge >= 0.3 is 0 Å². The van der Waals surface area contributed by atoms with Crippen LogP contribution in [0.25, 0.3) is 6.08 Å². The van der Waals surface area contributed by atoms with Crippen molar-refractivity contribution in [2.24, 2.45) is 4.99 Å². The monoisotopic (exact) mass is 293 g/mol. The quantitative estimate of drug-likeness (QED) is 0.598. The lowest BCUT2D eigenvalue weighted by Crippen LogP contribution is -2.03. The molecule has 20 heavy (non-hydrogen) atoms. The highest BCUT2D eigenvalue weighted by molar-refractivity contribution is 7.90. The second-order valence-corrected chi connectivity index (χ2v) is 6.52. The third kappa shape index (κ3) is 4.42. The molecule has 0 saturated carbocycles. The van der Waals surface area contributed by atoms with E-state index in [4.69, 9.17) is 0 Å². The average Bonchev–Trinajstić information content (AvgIpc) is 2.41. The molecule has 0 saturated heterocycles. The average molecular weight is 293 g/mol. The minimum atomic E-state index is -3.41. The molecule has 0 heterocycles. The molecule has 4 nitrogen and oxygen atoms in total. The summed E-state index contributed by atoms with van der Waals surface area (Å²) < 4.78 is 23.6. The van der Waals surface area contributed by atoms with Crippen molar-refractivity contribution < 1.29 is 13.2 Å². The first kappa shape index (κ1) is 16.3. The van der Waals surface area contributed by atoms with Crippen molar-refractivity contribution in [2.45, 2.75) is 31.1 Å². The smallest absolute Gasteiger partial charge is 0.267 e. The van der Waals surface area contributed by atoms with Gasteiger partial charge in [0.25, 0.3) is 5.91 Å². The number of carbonyl (C=O) groups is 1. The molecule has 0 unspecified atom stereocenters. The molecule has 1 aromatic carbocycles. The lowest BCUT2D eigenvalue weighted by molar-refractivity contribution is 0.100. The van der Waals surface area contributed by atoms with Gasteiger partial charge in [-0.25, -0.2) is 13.4 Å². The minimum Gasteiger partial charge on any atom is -0.267 e. The second-order valence-electron chi connectivity index (χ2n) is 4.53. The summed E-state index contributed by atoms with van der Waals surface area (Å²) in [5, 5.41) is 0. The number of amides is 1. The summed E-state index contributed by atoms with van der Waals surface area (Å²) in [4.78, 5) is 14.9. The molecule has 0 spiro atoms. The number of carbonyl (C=O) groups excluding carboxylic acids is 1. The number of rotatable bonds is 6. The van der Waals surface area contributed by atoms with E-state index in [1.807, 2.05) is 6.08 Å². The van der Waals surface area contributed by atoms with Gasteiger partial charge in [0.15, 0.2) is 9.84 Å². The van der Waals surface area contributed by atoms with E-state index in [1.165, 1.54) is 6.07 Å². The van der Waals surface area contributed by atoms with Crippen molar-refractivity contribution in [3.63, 3.8) is 0 Å². The highest BCUT2D eigenvalue weighted by atomic mass is 32.2. The van der Waals surface area contributed by atoms with Crippen molar-refractivity contribution in [1.82, 2.24) is 0 Å². The van der Waals surface area contributed by atoms with Crippen LogP contribution in [-0.4, -0.2) is 27.3 Å². The van der Waals surface area contributed by atoms with Gasteiger partial charge in [-0.3, -0.25) is 4.79 Å². The normalized spacial score (nSPS) is 11.7. The zero-order chi connectivity index (χ0) is 15.2. The number of hydrogen-bond donors (Lipinski definition) is 0. The molecular weight excluding hydrogens is 274 g/mol. The Morgan fingerprint density at radius 3 is 2.65 bits per heavy atom. The lowest BCUT2D eigenvalue weighted by atomic mass is 10.1. The van der Waals surface area contributed by atoms with Crippen LogP contribution >= 0.6 is 0 Å². The van der Waals surface area contributed by atoms with Gasteiger partial charge < -0.3 is 0 Å². The van der Waals surface area contributed by atoms with E-state index in [2.05, 4.69) is 18.6 Å². The number of unbranched alkanes of at least 4 members (excludes halogenated alkanes) is 2. The van der Waals surface area contributed by atoms with E-state index in [0.717, 1.165) is 25.5 Å². The second kappa shape index (κ2) is 7.14. The molecule has 0 aliphatic heterocycles. The molecule has 0 radical (unpaired) electrons. The first-order valence-corrected chi connectivity index (χ1v) is 8.31. The van der Waals surface area contributed by atoms with E-state index in [9.17, 15) is 13.2 Å². The lowest BCUT2D eigenvalue weighted by Gasteiger charge is -2.06. The first-order valence-electron chi connectivity index (χ1n) is 6.42. The fourth-order valence-corrected chi connectivity index (χ4v) is 2.66. The third-order valence-electron chi connectivity index (χ3n) is 2.83. The molecule has 0 aliphatic rings. The molecular formula is C15H19NO3S. The Labute approximate surface area is 120 Å². The summed E-state index contributed by atoms with van der Waals surface area (Å²) in [5.41, 5.74) is 0.815. The van der Waals surface area contributed by atoms with Crippen LogP contribution in [0.4, 0.5) is 0 Å². The van der Waals surface area contributed by atoms with Crippen LogP contribution in [0, 0.1) is 0 Å². The molecule has 0 aliphatic carbocycles. The Hall–Kier alpha value is -1.75. The zero-order valence-electron chi connectivity index (χ0n) is 11.8. The Morgan fingerprint density at radius 1 is 1.40 bits per heavy atom. The summed E-state index contributed by atoms with van der Waals surface area (Å²) in [6.07, 6.45) is 7.89. The Bertz CT molecular complexity index is 631. The molecule has 0 N–H and O–H groups in total. The van der Waals surface area contributed by atoms with Crippen molar-refractivity contribution in [3.05, 3.63) is 35.4 Å². The fraction of sp³-hybridized carbons (Fsp3) is 0.333. The molecule has 108 valence electrons. The maximum Gasteiger partial charge on any atom is 0.276 e. The summed E-state index contributed by atoms with van der Waals surface area (Å²) >= 11 is 0. The van der Waals surface area contributed by atoms with Gasteiger partial charge in [-0.05, 0) is 30.8 Å². The van der Waals surface area contributed by atoms with Gasteiger partial charge in [-0.1, -0.05) is 38.0 Å². The predicted molar refractivity (Wildman–Crippen MR) is 82.0 cm³/mol. The molecule has 1 rings (SSSR count). The van der Waals surface area contributed by atoms with Crippen LogP contribution in [0.15, 0.2) is 34.2 Å². The molecule has 0 atom stereocenters. The van der Waals surface area contributed by atoms with E-state index < -0.39 is 15.7 Å². The summed E-state index contributed by atoms with van der Waals surface area (Å²) in [6, 6.07) is 4.54. The largest absolute Gasteiger partial charge is 0.276 e. The van der Waals surface area contributed by atoms with Gasteiger partial charge in [0.1, 0.15) is 0 Å². The SMILES string of the molecule is C=NC(=O)c1ccc(C=CCCCC)c(S(C)(=O)=O)c1. The maximum atomic E-state index is 11.8. The van der Waals surface area contributed by atoms with Crippen LogP contribution in [0.1, 0.15) is 42.1 Å². The Balaban J connectivity index is 3.21. The Kier molecular flexibility index (Phi) is 5.82. The number of hydrogen-bond acceptors (Lipinski definition) is 3. The Morgan fingerprint density at radius 2 is 2.10 bits per heavy atom. The van der Waals surface area contributed by atoms with E-state index in [1.54, 1.807) is 18.2 Å². The molecule has 0 aromatic heterocycles. The summed E-state index contributed by atoms with van der Waals surface area (Å²) in [5.74, 6) is -0.531. The van der Waals surface area contributed by atoms with Crippen molar-refractivity contribution >= 4 is 28.5 Å². The molecule has 0 bridgehead atoms. The van der Waals surface area contributed by atoms with Crippen molar-refractivity contribution in [2.75, 3.05) is 6.26 Å². The minimum absolute atomic E-state index is 0.139. The predicted octanol–water partition coefficient (Wildman–Crippen LogP) is 3.13. The topological polar surface area (TPSA) is 63.6 Å². The van der Waals surface area contributed by atoms with Crippen LogP contribution < -0.4 is 0 Å². The van der Waals surface area contributed by atoms with Gasteiger partial charge in [0.05, 0.1) is 4.90 Å². The van der Waals surface area contributed by atoms with Gasteiger partial charge in [0, 0.05) is 11.8 Å². The standard InChI is InChI=1S/C15H19NO3S/c1-4-5-6-7-8-12-9-10-13(15(17)16-2)11-14(12)20(3,18)19/h7-11H,2,4-6H2,1,3H3. The number of nitrogens with zero attached hydrogens (tertiary/aromatic N) is 1. The van der Waals surface area contributed by atoms with E-state index in [0.29, 0.717) is 5.56 Å². The van der Waals surface area contributed by atoms with E-state index >= 15 is 0 Å². The summed E-state index contributed by atoms with van der Waals surface area (Å²) in [7, 11) is -3.41. The number of aliphatic imine (C=N–C) groups is 1. The molecule has 1 aromatic rings. The van der Waals surface area contributed by atoms with Crippen LogP contribution in [0.2, 0.25) is 0 Å². The van der Waals surface area contributed by atoms with Gasteiger partial charge in [-0.15, -0.1) is 0 Å². The van der Waals surface area contributed by atoms with Gasteiger partial charge in [-0.2, -0.15) is 0 Å². The van der Waals surface area contributed by atoms with Crippen LogP contribution in [0.3, 0.4) is 0 Å². The number of benzene rings is 1. The molecule has 5 heteroatoms. The maximum absolute atomic E-state index is 11.8. The molecule has 1 amide bonds. The highest BCUT2D eigenvalue weighted by Gasteiger charge is 2.14. The zero-order valence-corrected chi connectivity index (χ0v) is 12.6. The van der Waals surface area contributed by atoms with Crippen molar-refractivity contribution in [3.8, 4) is 0 Å². The number of sulfone groups is 1.